The van der Waals surface area contributed by atoms with Crippen molar-refractivity contribution in [1.29, 1.82) is 10.5 Å². The second-order valence-electron chi connectivity index (χ2n) is 5.37. The fourth-order valence-corrected chi connectivity index (χ4v) is 2.65. The highest BCUT2D eigenvalue weighted by atomic mass is 19.1. The molecule has 1 aliphatic carbocycles. The Morgan fingerprint density at radius 1 is 1.19 bits per heavy atom. The predicted molar refractivity (Wildman–Crippen MR) is 75.5 cm³/mol. The molecule has 0 saturated heterocycles. The van der Waals surface area contributed by atoms with Crippen LogP contribution in [0.4, 0.5) is 10.1 Å². The van der Waals surface area contributed by atoms with Gasteiger partial charge in [0.05, 0.1) is 23.4 Å². The number of hydrogen-bond acceptors (Lipinski definition) is 3. The van der Waals surface area contributed by atoms with Crippen LogP contribution in [0.15, 0.2) is 18.2 Å². The second kappa shape index (κ2) is 6.37. The van der Waals surface area contributed by atoms with Gasteiger partial charge in [-0.25, -0.2) is 4.39 Å². The molecule has 1 aromatic carbocycles. The Bertz CT molecular complexity index is 619. The van der Waals surface area contributed by atoms with E-state index < -0.39 is 17.1 Å². The van der Waals surface area contributed by atoms with Crippen LogP contribution in [0.3, 0.4) is 0 Å². The van der Waals surface area contributed by atoms with E-state index in [0.29, 0.717) is 12.8 Å². The van der Waals surface area contributed by atoms with Gasteiger partial charge in [0.25, 0.3) is 0 Å². The predicted octanol–water partition coefficient (Wildman–Crippen LogP) is 3.50. The molecule has 108 valence electrons. The van der Waals surface area contributed by atoms with Crippen molar-refractivity contribution in [3.63, 3.8) is 0 Å². The van der Waals surface area contributed by atoms with Crippen LogP contribution in [0.5, 0.6) is 0 Å². The summed E-state index contributed by atoms with van der Waals surface area (Å²) in [5, 5.41) is 20.6. The Balaban J connectivity index is 2.20. The Hall–Kier alpha value is -2.40. The van der Waals surface area contributed by atoms with Gasteiger partial charge in [-0.05, 0) is 31.0 Å². The highest BCUT2D eigenvalue weighted by Crippen LogP contribution is 2.35. The monoisotopic (exact) mass is 285 g/mol. The summed E-state index contributed by atoms with van der Waals surface area (Å²) in [5.74, 6) is -1.11. The van der Waals surface area contributed by atoms with E-state index in [-0.39, 0.29) is 11.3 Å². The molecule has 0 heterocycles. The lowest BCUT2D eigenvalue weighted by molar-refractivity contribution is -0.123. The van der Waals surface area contributed by atoms with Gasteiger partial charge in [0.2, 0.25) is 5.91 Å². The van der Waals surface area contributed by atoms with E-state index >= 15 is 0 Å². The normalized spacial score (nSPS) is 17.1. The van der Waals surface area contributed by atoms with Crippen molar-refractivity contribution < 1.29 is 9.18 Å². The molecule has 1 aliphatic rings. The molecule has 2 rings (SSSR count). The van der Waals surface area contributed by atoms with E-state index in [1.807, 2.05) is 6.07 Å². The molecule has 0 bridgehead atoms. The SMILES string of the molecule is N#Cc1ccc(NC(=O)C2(C#N)CCCCCC2)c(F)c1. The molecule has 1 saturated carbocycles. The minimum atomic E-state index is -1.07. The summed E-state index contributed by atoms with van der Waals surface area (Å²) < 4.78 is 13.8. The number of carbonyl (C=O) groups is 1. The highest BCUT2D eigenvalue weighted by molar-refractivity contribution is 5.97. The first-order chi connectivity index (χ1) is 10.1. The summed E-state index contributed by atoms with van der Waals surface area (Å²) in [4.78, 5) is 12.4. The maximum absolute atomic E-state index is 13.8. The molecule has 0 radical (unpaired) electrons. The van der Waals surface area contributed by atoms with Crippen molar-refractivity contribution in [2.45, 2.75) is 38.5 Å². The van der Waals surface area contributed by atoms with Gasteiger partial charge in [-0.2, -0.15) is 10.5 Å². The first-order valence-corrected chi connectivity index (χ1v) is 7.04. The van der Waals surface area contributed by atoms with Crippen LogP contribution < -0.4 is 5.32 Å². The zero-order valence-corrected chi connectivity index (χ0v) is 11.7. The summed E-state index contributed by atoms with van der Waals surface area (Å²) >= 11 is 0. The molecule has 0 spiro atoms. The number of halogens is 1. The van der Waals surface area contributed by atoms with Crippen molar-refractivity contribution in [3.05, 3.63) is 29.6 Å². The number of benzene rings is 1. The van der Waals surface area contributed by atoms with Gasteiger partial charge >= 0.3 is 0 Å². The van der Waals surface area contributed by atoms with Crippen LogP contribution in [0.1, 0.15) is 44.1 Å². The molecular formula is C16H16FN3O. The van der Waals surface area contributed by atoms with Gasteiger partial charge in [-0.15, -0.1) is 0 Å². The lowest BCUT2D eigenvalue weighted by atomic mass is 9.81. The first kappa shape index (κ1) is 15.0. The lowest BCUT2D eigenvalue weighted by Crippen LogP contribution is -2.34. The number of nitrogens with zero attached hydrogens (tertiary/aromatic N) is 2. The van der Waals surface area contributed by atoms with Crippen molar-refractivity contribution in [2.75, 3.05) is 5.32 Å². The molecule has 0 unspecified atom stereocenters. The fourth-order valence-electron chi connectivity index (χ4n) is 2.65. The number of rotatable bonds is 2. The lowest BCUT2D eigenvalue weighted by Gasteiger charge is -2.23. The molecular weight excluding hydrogens is 269 g/mol. The average molecular weight is 285 g/mol. The molecule has 1 N–H and O–H groups in total. The zero-order valence-electron chi connectivity index (χ0n) is 11.7. The minimum Gasteiger partial charge on any atom is -0.322 e. The van der Waals surface area contributed by atoms with Gasteiger partial charge in [-0.1, -0.05) is 25.7 Å². The van der Waals surface area contributed by atoms with Gasteiger partial charge in [0.15, 0.2) is 0 Å². The molecule has 0 aliphatic heterocycles. The fraction of sp³-hybridized carbons (Fsp3) is 0.438. The van der Waals surface area contributed by atoms with E-state index in [1.54, 1.807) is 0 Å². The van der Waals surface area contributed by atoms with Crippen molar-refractivity contribution >= 4 is 11.6 Å². The average Bonchev–Trinajstić information content (AvgIpc) is 2.75. The summed E-state index contributed by atoms with van der Waals surface area (Å²) in [6, 6.07) is 7.83. The molecule has 21 heavy (non-hydrogen) atoms. The zero-order chi connectivity index (χ0) is 15.3. The standard InChI is InChI=1S/C16H16FN3O/c17-13-9-12(10-18)5-6-14(13)20-15(21)16(11-19)7-3-1-2-4-8-16/h5-6,9H,1-4,7-8H2,(H,20,21). The highest BCUT2D eigenvalue weighted by Gasteiger charge is 2.39. The van der Waals surface area contributed by atoms with Crippen LogP contribution >= 0.6 is 0 Å². The molecule has 0 aromatic heterocycles. The molecule has 1 amide bonds. The van der Waals surface area contributed by atoms with Crippen LogP contribution in [0, 0.1) is 33.9 Å². The first-order valence-electron chi connectivity index (χ1n) is 7.04. The largest absolute Gasteiger partial charge is 0.322 e. The minimum absolute atomic E-state index is 0.0119. The maximum atomic E-state index is 13.8. The summed E-state index contributed by atoms with van der Waals surface area (Å²) in [5.41, 5.74) is -0.871. The summed E-state index contributed by atoms with van der Waals surface area (Å²) in [6.45, 7) is 0. The van der Waals surface area contributed by atoms with Gasteiger partial charge in [0, 0.05) is 0 Å². The quantitative estimate of drug-likeness (QED) is 0.845. The molecule has 5 heteroatoms. The van der Waals surface area contributed by atoms with Crippen LogP contribution in [0.2, 0.25) is 0 Å². The van der Waals surface area contributed by atoms with Gasteiger partial charge < -0.3 is 5.32 Å². The van der Waals surface area contributed by atoms with Crippen LogP contribution in [-0.4, -0.2) is 5.91 Å². The van der Waals surface area contributed by atoms with E-state index in [1.165, 1.54) is 12.1 Å². The summed E-state index contributed by atoms with van der Waals surface area (Å²) in [6.07, 6.45) is 4.71. The number of nitriles is 2. The maximum Gasteiger partial charge on any atom is 0.244 e. The van der Waals surface area contributed by atoms with E-state index in [0.717, 1.165) is 31.7 Å². The smallest absolute Gasteiger partial charge is 0.244 e. The molecule has 1 aromatic rings. The Morgan fingerprint density at radius 2 is 1.86 bits per heavy atom. The van der Waals surface area contributed by atoms with E-state index in [9.17, 15) is 14.4 Å². The Labute approximate surface area is 123 Å². The van der Waals surface area contributed by atoms with E-state index in [4.69, 9.17) is 5.26 Å². The molecule has 4 nitrogen and oxygen atoms in total. The van der Waals surface area contributed by atoms with Crippen LogP contribution in [-0.2, 0) is 4.79 Å². The Kier molecular flexibility index (Phi) is 4.55. The number of anilines is 1. The third-order valence-electron chi connectivity index (χ3n) is 3.95. The second-order valence-corrected chi connectivity index (χ2v) is 5.37. The number of amides is 1. The van der Waals surface area contributed by atoms with Crippen LogP contribution in [0.25, 0.3) is 0 Å². The Morgan fingerprint density at radius 3 is 2.38 bits per heavy atom. The topological polar surface area (TPSA) is 76.7 Å². The van der Waals surface area contributed by atoms with Gasteiger partial charge in [0.1, 0.15) is 11.2 Å². The third kappa shape index (κ3) is 3.20. The number of hydrogen-bond donors (Lipinski definition) is 1. The van der Waals surface area contributed by atoms with Crippen molar-refractivity contribution in [1.82, 2.24) is 0 Å². The number of carbonyl (C=O) groups excluding carboxylic acids is 1. The van der Waals surface area contributed by atoms with Crippen molar-refractivity contribution in [2.24, 2.45) is 5.41 Å². The third-order valence-corrected chi connectivity index (χ3v) is 3.95. The van der Waals surface area contributed by atoms with E-state index in [2.05, 4.69) is 11.4 Å². The molecule has 1 fully saturated rings. The molecule has 0 atom stereocenters. The van der Waals surface area contributed by atoms with Gasteiger partial charge in [-0.3, -0.25) is 4.79 Å². The number of nitrogens with one attached hydrogen (secondary N) is 1. The van der Waals surface area contributed by atoms with Crippen molar-refractivity contribution in [3.8, 4) is 12.1 Å². The summed E-state index contributed by atoms with van der Waals surface area (Å²) in [7, 11) is 0.